The van der Waals surface area contributed by atoms with Crippen molar-refractivity contribution in [2.45, 2.75) is 25.7 Å². The van der Waals surface area contributed by atoms with E-state index in [0.29, 0.717) is 36.6 Å². The molecule has 1 aliphatic rings. The highest BCUT2D eigenvalue weighted by molar-refractivity contribution is 5.94. The zero-order chi connectivity index (χ0) is 19.2. The second-order valence-corrected chi connectivity index (χ2v) is 6.93. The molecule has 0 saturated carbocycles. The van der Waals surface area contributed by atoms with Crippen LogP contribution in [0.2, 0.25) is 0 Å². The Balaban J connectivity index is 1.58. The topological polar surface area (TPSA) is 81.4 Å². The zero-order valence-electron chi connectivity index (χ0n) is 15.1. The molecular weight excluding hydrogens is 340 g/mol. The van der Waals surface area contributed by atoms with Gasteiger partial charge in [0.05, 0.1) is 18.1 Å². The SMILES string of the molecule is N#CCc1ccc(C(=O)N2CCC(Cc3ccccc3C(=O)O)CC2)cc1. The molecular formula is C22H22N2O3. The highest BCUT2D eigenvalue weighted by Crippen LogP contribution is 2.24. The Bertz CT molecular complexity index is 860. The number of hydrogen-bond donors (Lipinski definition) is 1. The molecule has 0 aliphatic carbocycles. The first-order valence-corrected chi connectivity index (χ1v) is 9.15. The molecule has 0 radical (unpaired) electrons. The number of carbonyl (C=O) groups excluding carboxylic acids is 1. The van der Waals surface area contributed by atoms with Crippen LogP contribution in [0.15, 0.2) is 48.5 Å². The van der Waals surface area contributed by atoms with Crippen LogP contribution in [0, 0.1) is 17.2 Å². The fourth-order valence-electron chi connectivity index (χ4n) is 3.60. The van der Waals surface area contributed by atoms with Crippen LogP contribution >= 0.6 is 0 Å². The van der Waals surface area contributed by atoms with Crippen LogP contribution in [0.25, 0.3) is 0 Å². The fraction of sp³-hybridized carbons (Fsp3) is 0.318. The summed E-state index contributed by atoms with van der Waals surface area (Å²) in [7, 11) is 0. The van der Waals surface area contributed by atoms with Crippen LogP contribution in [0.3, 0.4) is 0 Å². The number of hydrogen-bond acceptors (Lipinski definition) is 3. The van der Waals surface area contributed by atoms with Gasteiger partial charge in [0.2, 0.25) is 0 Å². The van der Waals surface area contributed by atoms with Crippen molar-refractivity contribution in [3.05, 3.63) is 70.8 Å². The van der Waals surface area contributed by atoms with Crippen LogP contribution in [0.5, 0.6) is 0 Å². The summed E-state index contributed by atoms with van der Waals surface area (Å²) in [6, 6.07) is 16.5. The van der Waals surface area contributed by atoms with Gasteiger partial charge in [-0.05, 0) is 54.5 Å². The van der Waals surface area contributed by atoms with E-state index < -0.39 is 5.97 Å². The maximum atomic E-state index is 12.7. The Labute approximate surface area is 158 Å². The lowest BCUT2D eigenvalue weighted by Crippen LogP contribution is -2.39. The van der Waals surface area contributed by atoms with Crippen molar-refractivity contribution < 1.29 is 14.7 Å². The van der Waals surface area contributed by atoms with Crippen molar-refractivity contribution in [2.75, 3.05) is 13.1 Å². The molecule has 27 heavy (non-hydrogen) atoms. The molecule has 138 valence electrons. The molecule has 0 unspecified atom stereocenters. The van der Waals surface area contributed by atoms with E-state index >= 15 is 0 Å². The van der Waals surface area contributed by atoms with Gasteiger partial charge in [0.25, 0.3) is 5.91 Å². The number of carbonyl (C=O) groups is 2. The van der Waals surface area contributed by atoms with E-state index in [1.807, 2.05) is 29.2 Å². The first-order valence-electron chi connectivity index (χ1n) is 9.15. The number of carboxylic acid groups (broad SMARTS) is 1. The Hall–Kier alpha value is -3.13. The van der Waals surface area contributed by atoms with Crippen molar-refractivity contribution >= 4 is 11.9 Å². The summed E-state index contributed by atoms with van der Waals surface area (Å²) in [6.07, 6.45) is 2.81. The van der Waals surface area contributed by atoms with Crippen molar-refractivity contribution in [1.29, 1.82) is 5.26 Å². The lowest BCUT2D eigenvalue weighted by Gasteiger charge is -2.32. The normalized spacial score (nSPS) is 14.6. The minimum absolute atomic E-state index is 0.0166. The van der Waals surface area contributed by atoms with Crippen LogP contribution in [0.4, 0.5) is 0 Å². The quantitative estimate of drug-likeness (QED) is 0.882. The maximum absolute atomic E-state index is 12.7. The summed E-state index contributed by atoms with van der Waals surface area (Å²) in [6.45, 7) is 1.36. The van der Waals surface area contributed by atoms with Crippen LogP contribution < -0.4 is 0 Å². The number of likely N-dealkylation sites (tertiary alicyclic amines) is 1. The second-order valence-electron chi connectivity index (χ2n) is 6.93. The Morgan fingerprint density at radius 3 is 2.37 bits per heavy atom. The van der Waals surface area contributed by atoms with Crippen molar-refractivity contribution in [3.8, 4) is 6.07 Å². The summed E-state index contributed by atoms with van der Waals surface area (Å²) in [4.78, 5) is 25.9. The van der Waals surface area contributed by atoms with E-state index in [4.69, 9.17) is 5.26 Å². The van der Waals surface area contributed by atoms with Gasteiger partial charge < -0.3 is 10.0 Å². The molecule has 1 aliphatic heterocycles. The van der Waals surface area contributed by atoms with E-state index in [9.17, 15) is 14.7 Å². The highest BCUT2D eigenvalue weighted by Gasteiger charge is 2.24. The van der Waals surface area contributed by atoms with Gasteiger partial charge >= 0.3 is 5.97 Å². The summed E-state index contributed by atoms with van der Waals surface area (Å²) >= 11 is 0. The highest BCUT2D eigenvalue weighted by atomic mass is 16.4. The van der Waals surface area contributed by atoms with Gasteiger partial charge in [-0.2, -0.15) is 5.26 Å². The van der Waals surface area contributed by atoms with Gasteiger partial charge in [0, 0.05) is 18.7 Å². The van der Waals surface area contributed by atoms with Gasteiger partial charge in [-0.15, -0.1) is 0 Å². The summed E-state index contributed by atoms with van der Waals surface area (Å²) in [5, 5.41) is 18.0. The third kappa shape index (κ3) is 4.53. The zero-order valence-corrected chi connectivity index (χ0v) is 15.1. The smallest absolute Gasteiger partial charge is 0.335 e. The minimum Gasteiger partial charge on any atom is -0.478 e. The summed E-state index contributed by atoms with van der Waals surface area (Å²) < 4.78 is 0. The average Bonchev–Trinajstić information content (AvgIpc) is 2.69. The predicted molar refractivity (Wildman–Crippen MR) is 101 cm³/mol. The molecule has 0 bridgehead atoms. The van der Waals surface area contributed by atoms with Gasteiger partial charge in [-0.1, -0.05) is 30.3 Å². The van der Waals surface area contributed by atoms with E-state index in [-0.39, 0.29) is 5.91 Å². The van der Waals surface area contributed by atoms with Gasteiger partial charge in [-0.3, -0.25) is 4.79 Å². The molecule has 1 heterocycles. The number of carboxylic acids is 1. The lowest BCUT2D eigenvalue weighted by molar-refractivity contribution is 0.0690. The van der Waals surface area contributed by atoms with Crippen molar-refractivity contribution in [1.82, 2.24) is 4.90 Å². The Kier molecular flexibility index (Phi) is 5.87. The van der Waals surface area contributed by atoms with Crippen molar-refractivity contribution in [3.63, 3.8) is 0 Å². The monoisotopic (exact) mass is 362 g/mol. The molecule has 2 aromatic carbocycles. The van der Waals surface area contributed by atoms with Gasteiger partial charge in [-0.25, -0.2) is 4.79 Å². The number of rotatable bonds is 5. The largest absolute Gasteiger partial charge is 0.478 e. The van der Waals surface area contributed by atoms with E-state index in [0.717, 1.165) is 30.4 Å². The Morgan fingerprint density at radius 1 is 1.07 bits per heavy atom. The molecule has 0 atom stereocenters. The summed E-state index contributed by atoms with van der Waals surface area (Å²) in [5.74, 6) is -0.492. The number of aromatic carboxylic acids is 1. The first kappa shape index (κ1) is 18.7. The standard InChI is InChI=1S/C22H22N2O3/c23-12-9-16-5-7-18(8-6-16)21(25)24-13-10-17(11-14-24)15-19-3-1-2-4-20(19)22(26)27/h1-8,17H,9-11,13-15H2,(H,26,27). The van der Waals surface area contributed by atoms with Gasteiger partial charge in [0.1, 0.15) is 0 Å². The Morgan fingerprint density at radius 2 is 1.74 bits per heavy atom. The third-order valence-corrected chi connectivity index (χ3v) is 5.14. The maximum Gasteiger partial charge on any atom is 0.335 e. The molecule has 3 rings (SSSR count). The lowest BCUT2D eigenvalue weighted by atomic mass is 9.88. The molecule has 1 saturated heterocycles. The molecule has 1 fully saturated rings. The second kappa shape index (κ2) is 8.50. The predicted octanol–water partition coefficient (Wildman–Crippen LogP) is 3.55. The molecule has 5 heteroatoms. The molecule has 2 aromatic rings. The van der Waals surface area contributed by atoms with Gasteiger partial charge in [0.15, 0.2) is 0 Å². The molecule has 0 aromatic heterocycles. The number of piperidine rings is 1. The average molecular weight is 362 g/mol. The number of benzene rings is 2. The molecule has 5 nitrogen and oxygen atoms in total. The number of nitriles is 1. The van der Waals surface area contributed by atoms with E-state index in [1.54, 1.807) is 24.3 Å². The van der Waals surface area contributed by atoms with Crippen LogP contribution in [-0.4, -0.2) is 35.0 Å². The first-order chi connectivity index (χ1) is 13.1. The van der Waals surface area contributed by atoms with E-state index in [1.165, 1.54) is 0 Å². The molecule has 1 amide bonds. The summed E-state index contributed by atoms with van der Waals surface area (Å²) in [5.41, 5.74) is 2.78. The molecule has 0 spiro atoms. The van der Waals surface area contributed by atoms with Crippen LogP contribution in [0.1, 0.15) is 44.7 Å². The van der Waals surface area contributed by atoms with E-state index in [2.05, 4.69) is 6.07 Å². The fourth-order valence-corrected chi connectivity index (χ4v) is 3.60. The number of amides is 1. The number of nitrogens with zero attached hydrogens (tertiary/aromatic N) is 2. The van der Waals surface area contributed by atoms with Crippen molar-refractivity contribution in [2.24, 2.45) is 5.92 Å². The molecule has 1 N–H and O–H groups in total. The minimum atomic E-state index is -0.891. The van der Waals surface area contributed by atoms with Crippen LogP contribution in [-0.2, 0) is 12.8 Å². The third-order valence-electron chi connectivity index (χ3n) is 5.14.